The summed E-state index contributed by atoms with van der Waals surface area (Å²) in [4.78, 5) is 1.38. The molecule has 1 unspecified atom stereocenters. The van der Waals surface area contributed by atoms with Gasteiger partial charge in [0.1, 0.15) is 0 Å². The maximum Gasteiger partial charge on any atom is 0.00721 e. The molecule has 0 spiro atoms. The van der Waals surface area contributed by atoms with Gasteiger partial charge < -0.3 is 0 Å². The van der Waals surface area contributed by atoms with Crippen molar-refractivity contribution in [1.29, 1.82) is 0 Å². The van der Waals surface area contributed by atoms with Crippen molar-refractivity contribution >= 4 is 11.8 Å². The standard InChI is InChI=1S/C16H22S/c1-13-8-7-11-16(2,3)15(13)12-17-14-9-5-4-6-10-14/h4-6,9-10,15H,1,7-8,11-12H2,2-3H3. The van der Waals surface area contributed by atoms with Crippen LogP contribution in [0.1, 0.15) is 33.1 Å². The average Bonchev–Trinajstić information content (AvgIpc) is 2.29. The first-order valence-electron chi connectivity index (χ1n) is 6.45. The maximum absolute atomic E-state index is 4.29. The fourth-order valence-corrected chi connectivity index (χ4v) is 4.11. The molecule has 1 aliphatic rings. The summed E-state index contributed by atoms with van der Waals surface area (Å²) in [6.07, 6.45) is 3.88. The molecule has 0 saturated heterocycles. The minimum Gasteiger partial charge on any atom is -0.126 e. The van der Waals surface area contributed by atoms with E-state index in [0.29, 0.717) is 11.3 Å². The van der Waals surface area contributed by atoms with E-state index in [1.807, 2.05) is 11.8 Å². The minimum atomic E-state index is 0.428. The van der Waals surface area contributed by atoms with Gasteiger partial charge in [-0.2, -0.15) is 0 Å². The van der Waals surface area contributed by atoms with Gasteiger partial charge in [-0.25, -0.2) is 0 Å². The molecule has 1 aromatic rings. The number of hydrogen-bond acceptors (Lipinski definition) is 1. The van der Waals surface area contributed by atoms with Gasteiger partial charge in [0.2, 0.25) is 0 Å². The normalized spacial score (nSPS) is 23.6. The highest BCUT2D eigenvalue weighted by molar-refractivity contribution is 7.99. The number of rotatable bonds is 3. The highest BCUT2D eigenvalue weighted by Gasteiger charge is 2.34. The second kappa shape index (κ2) is 5.30. The summed E-state index contributed by atoms with van der Waals surface area (Å²) < 4.78 is 0. The second-order valence-corrected chi connectivity index (χ2v) is 6.77. The van der Waals surface area contributed by atoms with Crippen molar-refractivity contribution < 1.29 is 0 Å². The van der Waals surface area contributed by atoms with Crippen molar-refractivity contribution in [3.05, 3.63) is 42.5 Å². The fraction of sp³-hybridized carbons (Fsp3) is 0.500. The van der Waals surface area contributed by atoms with Crippen LogP contribution >= 0.6 is 11.8 Å². The van der Waals surface area contributed by atoms with Crippen molar-refractivity contribution in [3.8, 4) is 0 Å². The van der Waals surface area contributed by atoms with Crippen LogP contribution in [0.3, 0.4) is 0 Å². The van der Waals surface area contributed by atoms with E-state index in [1.165, 1.54) is 35.5 Å². The Balaban J connectivity index is 1.99. The Hall–Kier alpha value is -0.690. The predicted molar refractivity (Wildman–Crippen MR) is 77.4 cm³/mol. The smallest absolute Gasteiger partial charge is 0.00721 e. The zero-order valence-corrected chi connectivity index (χ0v) is 11.7. The molecule has 0 amide bonds. The molecule has 0 bridgehead atoms. The zero-order valence-electron chi connectivity index (χ0n) is 10.9. The molecule has 1 atom stereocenters. The highest BCUT2D eigenvalue weighted by Crippen LogP contribution is 2.45. The lowest BCUT2D eigenvalue weighted by Gasteiger charge is -2.40. The number of thioether (sulfide) groups is 1. The third-order valence-corrected chi connectivity index (χ3v) is 5.02. The van der Waals surface area contributed by atoms with Crippen molar-refractivity contribution in [2.45, 2.75) is 38.0 Å². The molecule has 92 valence electrons. The largest absolute Gasteiger partial charge is 0.126 e. The average molecular weight is 246 g/mol. The molecule has 0 radical (unpaired) electrons. The van der Waals surface area contributed by atoms with Crippen LogP contribution < -0.4 is 0 Å². The topological polar surface area (TPSA) is 0 Å². The molecule has 17 heavy (non-hydrogen) atoms. The van der Waals surface area contributed by atoms with Crippen molar-refractivity contribution in [3.63, 3.8) is 0 Å². The van der Waals surface area contributed by atoms with Crippen LogP contribution in [0, 0.1) is 11.3 Å². The molecule has 0 heterocycles. The van der Waals surface area contributed by atoms with Gasteiger partial charge in [0.05, 0.1) is 0 Å². The van der Waals surface area contributed by atoms with Gasteiger partial charge in [-0.1, -0.05) is 44.2 Å². The van der Waals surface area contributed by atoms with Gasteiger partial charge in [0, 0.05) is 10.6 Å². The Kier molecular flexibility index (Phi) is 3.98. The van der Waals surface area contributed by atoms with Gasteiger partial charge in [0.25, 0.3) is 0 Å². The monoisotopic (exact) mass is 246 g/mol. The van der Waals surface area contributed by atoms with E-state index >= 15 is 0 Å². The van der Waals surface area contributed by atoms with Crippen LogP contribution in [0.15, 0.2) is 47.4 Å². The fourth-order valence-electron chi connectivity index (χ4n) is 2.71. The van der Waals surface area contributed by atoms with Crippen LogP contribution in [0.2, 0.25) is 0 Å². The van der Waals surface area contributed by atoms with Gasteiger partial charge in [-0.3, -0.25) is 0 Å². The number of allylic oxidation sites excluding steroid dienone is 1. The Morgan fingerprint density at radius 1 is 1.29 bits per heavy atom. The molecule has 1 saturated carbocycles. The van der Waals surface area contributed by atoms with Crippen molar-refractivity contribution in [2.75, 3.05) is 5.75 Å². The summed E-state index contributed by atoms with van der Waals surface area (Å²) in [6, 6.07) is 10.7. The molecule has 1 aromatic carbocycles. The van der Waals surface area contributed by atoms with Gasteiger partial charge in [-0.05, 0) is 42.7 Å². The van der Waals surface area contributed by atoms with Gasteiger partial charge in [0.15, 0.2) is 0 Å². The SMILES string of the molecule is C=C1CCCC(C)(C)C1CSc1ccccc1. The molecule has 2 rings (SSSR count). The number of hydrogen-bond donors (Lipinski definition) is 0. The van der Waals surface area contributed by atoms with Crippen LogP contribution in [0.5, 0.6) is 0 Å². The van der Waals surface area contributed by atoms with Crippen LogP contribution in [0.4, 0.5) is 0 Å². The lowest BCUT2D eigenvalue weighted by Crippen LogP contribution is -2.31. The summed E-state index contributed by atoms with van der Waals surface area (Å²) in [7, 11) is 0. The highest BCUT2D eigenvalue weighted by atomic mass is 32.2. The Bertz CT molecular complexity index is 378. The molecular formula is C16H22S. The third-order valence-electron chi connectivity index (χ3n) is 3.91. The Labute approximate surface area is 110 Å². The quantitative estimate of drug-likeness (QED) is 0.524. The molecule has 1 fully saturated rings. The van der Waals surface area contributed by atoms with Crippen LogP contribution in [-0.4, -0.2) is 5.75 Å². The Morgan fingerprint density at radius 3 is 2.65 bits per heavy atom. The Morgan fingerprint density at radius 2 is 2.00 bits per heavy atom. The van der Waals surface area contributed by atoms with E-state index in [-0.39, 0.29) is 0 Å². The third kappa shape index (κ3) is 3.16. The summed E-state index contributed by atoms with van der Waals surface area (Å²) >= 11 is 1.97. The van der Waals surface area contributed by atoms with E-state index in [2.05, 4.69) is 50.8 Å². The summed E-state index contributed by atoms with van der Waals surface area (Å²) in [5.74, 6) is 1.84. The van der Waals surface area contributed by atoms with Crippen molar-refractivity contribution in [1.82, 2.24) is 0 Å². The lowest BCUT2D eigenvalue weighted by molar-refractivity contribution is 0.209. The molecule has 0 aromatic heterocycles. The van der Waals surface area contributed by atoms with Crippen LogP contribution in [0.25, 0.3) is 0 Å². The predicted octanol–water partition coefficient (Wildman–Crippen LogP) is 5.16. The van der Waals surface area contributed by atoms with E-state index in [1.54, 1.807) is 0 Å². The summed E-state index contributed by atoms with van der Waals surface area (Å²) in [5, 5.41) is 0. The van der Waals surface area contributed by atoms with E-state index < -0.39 is 0 Å². The first-order chi connectivity index (χ1) is 8.09. The maximum atomic E-state index is 4.29. The zero-order chi connectivity index (χ0) is 12.3. The summed E-state index contributed by atoms with van der Waals surface area (Å²) in [6.45, 7) is 9.08. The molecule has 1 aliphatic carbocycles. The molecule has 0 N–H and O–H groups in total. The van der Waals surface area contributed by atoms with Crippen molar-refractivity contribution in [2.24, 2.45) is 11.3 Å². The van der Waals surface area contributed by atoms with Crippen LogP contribution in [-0.2, 0) is 0 Å². The van der Waals surface area contributed by atoms with E-state index in [4.69, 9.17) is 0 Å². The molecular weight excluding hydrogens is 224 g/mol. The first-order valence-corrected chi connectivity index (χ1v) is 7.44. The van der Waals surface area contributed by atoms with Gasteiger partial charge >= 0.3 is 0 Å². The first kappa shape index (κ1) is 12.8. The second-order valence-electron chi connectivity index (χ2n) is 5.68. The summed E-state index contributed by atoms with van der Waals surface area (Å²) in [5.41, 5.74) is 1.89. The number of benzene rings is 1. The molecule has 1 heteroatoms. The van der Waals surface area contributed by atoms with E-state index in [0.717, 1.165) is 0 Å². The molecule has 0 aliphatic heterocycles. The minimum absolute atomic E-state index is 0.428. The molecule has 0 nitrogen and oxygen atoms in total. The van der Waals surface area contributed by atoms with Gasteiger partial charge in [-0.15, -0.1) is 11.8 Å². The van der Waals surface area contributed by atoms with E-state index in [9.17, 15) is 0 Å². The lowest BCUT2D eigenvalue weighted by atomic mass is 9.68.